The summed E-state index contributed by atoms with van der Waals surface area (Å²) < 4.78 is 14.3. The maximum atomic E-state index is 13.6. The van der Waals surface area contributed by atoms with Crippen LogP contribution < -0.4 is 5.43 Å². The standard InChI is InChI=1S/C19H16BrFN4O/c1-11-3-4-13(7-12(11)2)17-9-18(24-23-17)19(26)25-22-10-14-8-15(20)5-6-16(14)21/h3-10H,1-2H3,(H,23,24)(H,25,26). The predicted molar refractivity (Wildman–Crippen MR) is 103 cm³/mol. The number of aromatic nitrogens is 2. The number of hydrogen-bond acceptors (Lipinski definition) is 3. The van der Waals surface area contributed by atoms with Crippen molar-refractivity contribution in [1.29, 1.82) is 0 Å². The van der Waals surface area contributed by atoms with E-state index in [4.69, 9.17) is 0 Å². The van der Waals surface area contributed by atoms with Crippen LogP contribution in [0.3, 0.4) is 0 Å². The zero-order chi connectivity index (χ0) is 18.7. The number of halogens is 2. The highest BCUT2D eigenvalue weighted by Gasteiger charge is 2.11. The van der Waals surface area contributed by atoms with Gasteiger partial charge in [0.1, 0.15) is 11.5 Å². The molecule has 3 rings (SSSR count). The van der Waals surface area contributed by atoms with Crippen LogP contribution in [0.4, 0.5) is 4.39 Å². The highest BCUT2D eigenvalue weighted by atomic mass is 79.9. The number of nitrogens with zero attached hydrogens (tertiary/aromatic N) is 2. The Labute approximate surface area is 158 Å². The Kier molecular flexibility index (Phi) is 5.27. The lowest BCUT2D eigenvalue weighted by Crippen LogP contribution is -2.18. The van der Waals surface area contributed by atoms with E-state index in [1.807, 2.05) is 32.0 Å². The molecule has 0 aliphatic rings. The van der Waals surface area contributed by atoms with Crippen molar-refractivity contribution in [2.45, 2.75) is 13.8 Å². The van der Waals surface area contributed by atoms with Crippen molar-refractivity contribution in [3.8, 4) is 11.3 Å². The monoisotopic (exact) mass is 414 g/mol. The molecular weight excluding hydrogens is 399 g/mol. The average molecular weight is 415 g/mol. The van der Waals surface area contributed by atoms with Crippen molar-refractivity contribution < 1.29 is 9.18 Å². The van der Waals surface area contributed by atoms with Crippen LogP contribution in [0.1, 0.15) is 27.2 Å². The number of aryl methyl sites for hydroxylation is 2. The molecule has 0 radical (unpaired) electrons. The van der Waals surface area contributed by atoms with E-state index in [1.54, 1.807) is 18.2 Å². The molecule has 2 N–H and O–H groups in total. The summed E-state index contributed by atoms with van der Waals surface area (Å²) in [4.78, 5) is 12.2. The van der Waals surface area contributed by atoms with Crippen LogP contribution in [-0.2, 0) is 0 Å². The minimum Gasteiger partial charge on any atom is -0.272 e. The Morgan fingerprint density at radius 3 is 2.77 bits per heavy atom. The third-order valence-electron chi connectivity index (χ3n) is 3.95. The number of benzene rings is 2. The number of amides is 1. The minimum atomic E-state index is -0.459. The summed E-state index contributed by atoms with van der Waals surface area (Å²) in [6.45, 7) is 4.06. The predicted octanol–water partition coefficient (Wildman–Crippen LogP) is 4.36. The largest absolute Gasteiger partial charge is 0.289 e. The normalized spacial score (nSPS) is 11.1. The molecule has 1 amide bonds. The Balaban J connectivity index is 1.71. The fourth-order valence-corrected chi connectivity index (χ4v) is 2.70. The van der Waals surface area contributed by atoms with Crippen molar-refractivity contribution in [1.82, 2.24) is 15.6 Å². The van der Waals surface area contributed by atoms with Gasteiger partial charge in [-0.2, -0.15) is 10.2 Å². The second-order valence-electron chi connectivity index (χ2n) is 5.83. The summed E-state index contributed by atoms with van der Waals surface area (Å²) in [5, 5.41) is 10.7. The van der Waals surface area contributed by atoms with Crippen LogP contribution >= 0.6 is 15.9 Å². The molecule has 5 nitrogen and oxygen atoms in total. The molecule has 1 heterocycles. The number of rotatable bonds is 4. The Morgan fingerprint density at radius 1 is 1.19 bits per heavy atom. The SMILES string of the molecule is Cc1ccc(-c2cc(C(=O)NN=Cc3cc(Br)ccc3F)[nH]n2)cc1C. The van der Waals surface area contributed by atoms with Gasteiger partial charge in [-0.1, -0.05) is 28.1 Å². The van der Waals surface area contributed by atoms with Gasteiger partial charge in [0.25, 0.3) is 5.91 Å². The first-order valence-corrected chi connectivity index (χ1v) is 8.65. The van der Waals surface area contributed by atoms with Crippen molar-refractivity contribution in [2.75, 3.05) is 0 Å². The topological polar surface area (TPSA) is 70.1 Å². The Bertz CT molecular complexity index is 997. The lowest BCUT2D eigenvalue weighted by Gasteiger charge is -2.01. The van der Waals surface area contributed by atoms with Gasteiger partial charge in [-0.25, -0.2) is 9.82 Å². The summed E-state index contributed by atoms with van der Waals surface area (Å²) in [6, 6.07) is 12.1. The number of carbonyl (C=O) groups is 1. The summed E-state index contributed by atoms with van der Waals surface area (Å²) in [6.07, 6.45) is 1.25. The van der Waals surface area contributed by atoms with E-state index in [1.165, 1.54) is 17.8 Å². The van der Waals surface area contributed by atoms with Crippen molar-refractivity contribution >= 4 is 28.1 Å². The van der Waals surface area contributed by atoms with E-state index in [-0.39, 0.29) is 11.3 Å². The first kappa shape index (κ1) is 18.0. The van der Waals surface area contributed by atoms with E-state index >= 15 is 0 Å². The van der Waals surface area contributed by atoms with E-state index in [2.05, 4.69) is 36.7 Å². The highest BCUT2D eigenvalue weighted by molar-refractivity contribution is 9.10. The molecule has 0 atom stereocenters. The molecular formula is C19H16BrFN4O. The molecule has 2 aromatic carbocycles. The van der Waals surface area contributed by atoms with Gasteiger partial charge in [0.15, 0.2) is 0 Å². The fraction of sp³-hybridized carbons (Fsp3) is 0.105. The molecule has 0 aliphatic heterocycles. The first-order chi connectivity index (χ1) is 12.4. The molecule has 0 saturated heterocycles. The van der Waals surface area contributed by atoms with E-state index in [0.29, 0.717) is 5.69 Å². The Hall–Kier alpha value is -2.80. The summed E-state index contributed by atoms with van der Waals surface area (Å²) in [5.74, 6) is -0.885. The summed E-state index contributed by atoms with van der Waals surface area (Å²) in [7, 11) is 0. The summed E-state index contributed by atoms with van der Waals surface area (Å²) >= 11 is 3.26. The minimum absolute atomic E-state index is 0.264. The van der Waals surface area contributed by atoms with Gasteiger partial charge in [0.2, 0.25) is 0 Å². The molecule has 0 bridgehead atoms. The molecule has 0 saturated carbocycles. The second kappa shape index (κ2) is 7.61. The molecule has 0 fully saturated rings. The molecule has 3 aromatic rings. The zero-order valence-electron chi connectivity index (χ0n) is 14.2. The van der Waals surface area contributed by atoms with E-state index in [9.17, 15) is 9.18 Å². The van der Waals surface area contributed by atoms with Crippen LogP contribution in [-0.4, -0.2) is 22.3 Å². The molecule has 1 aromatic heterocycles. The number of hydrazone groups is 1. The smallest absolute Gasteiger partial charge is 0.272 e. The van der Waals surface area contributed by atoms with Gasteiger partial charge >= 0.3 is 0 Å². The second-order valence-corrected chi connectivity index (χ2v) is 6.75. The number of carbonyl (C=O) groups excluding carboxylic acids is 1. The van der Waals surface area contributed by atoms with Crippen LogP contribution in [0, 0.1) is 19.7 Å². The lowest BCUT2D eigenvalue weighted by atomic mass is 10.0. The maximum absolute atomic E-state index is 13.6. The van der Waals surface area contributed by atoms with Crippen molar-refractivity contribution in [3.05, 3.63) is 75.1 Å². The van der Waals surface area contributed by atoms with Crippen LogP contribution in [0.15, 0.2) is 52.0 Å². The van der Waals surface area contributed by atoms with Crippen LogP contribution in [0.2, 0.25) is 0 Å². The lowest BCUT2D eigenvalue weighted by molar-refractivity contribution is 0.0950. The number of hydrogen-bond donors (Lipinski definition) is 2. The maximum Gasteiger partial charge on any atom is 0.289 e. The van der Waals surface area contributed by atoms with Gasteiger partial charge < -0.3 is 0 Å². The first-order valence-electron chi connectivity index (χ1n) is 7.85. The average Bonchev–Trinajstić information content (AvgIpc) is 3.10. The van der Waals surface area contributed by atoms with Crippen LogP contribution in [0.5, 0.6) is 0 Å². The zero-order valence-corrected chi connectivity index (χ0v) is 15.8. The molecule has 132 valence electrons. The van der Waals surface area contributed by atoms with Gasteiger partial charge in [-0.05, 0) is 55.3 Å². The third-order valence-corrected chi connectivity index (χ3v) is 4.45. The highest BCUT2D eigenvalue weighted by Crippen LogP contribution is 2.21. The third kappa shape index (κ3) is 4.05. The van der Waals surface area contributed by atoms with E-state index in [0.717, 1.165) is 15.6 Å². The fourth-order valence-electron chi connectivity index (χ4n) is 2.32. The van der Waals surface area contributed by atoms with Crippen molar-refractivity contribution in [3.63, 3.8) is 0 Å². The van der Waals surface area contributed by atoms with Gasteiger partial charge in [-0.15, -0.1) is 0 Å². The van der Waals surface area contributed by atoms with Crippen molar-refractivity contribution in [2.24, 2.45) is 5.10 Å². The quantitative estimate of drug-likeness (QED) is 0.491. The summed E-state index contributed by atoms with van der Waals surface area (Å²) in [5.41, 5.74) is 6.82. The molecule has 26 heavy (non-hydrogen) atoms. The van der Waals surface area contributed by atoms with Gasteiger partial charge in [0, 0.05) is 15.6 Å². The van der Waals surface area contributed by atoms with Crippen LogP contribution in [0.25, 0.3) is 11.3 Å². The number of aromatic amines is 1. The molecule has 0 aliphatic carbocycles. The van der Waals surface area contributed by atoms with Gasteiger partial charge in [0.05, 0.1) is 11.9 Å². The number of H-pyrrole nitrogens is 1. The number of nitrogens with one attached hydrogen (secondary N) is 2. The molecule has 0 unspecified atom stereocenters. The molecule has 0 spiro atoms. The van der Waals surface area contributed by atoms with Gasteiger partial charge in [-0.3, -0.25) is 9.89 Å². The Morgan fingerprint density at radius 2 is 2.00 bits per heavy atom. The molecule has 7 heteroatoms. The van der Waals surface area contributed by atoms with E-state index < -0.39 is 11.7 Å².